The minimum absolute atomic E-state index is 0.0222. The standard InChI is InChI=1S/C19H23NO4S2/c1-13(2)9-11-24-15-7-5-14(6-8-15)12-16-18(23)20(19(25)26-16)10-3-4-17(21)22/h5-8,12-13H,3-4,9-11H2,1-2H3,(H,21,22)/b16-12+. The topological polar surface area (TPSA) is 66.8 Å². The van der Waals surface area contributed by atoms with Crippen molar-refractivity contribution in [1.82, 2.24) is 4.90 Å². The van der Waals surface area contributed by atoms with Gasteiger partial charge in [0.05, 0.1) is 11.5 Å². The molecule has 0 spiro atoms. The Morgan fingerprint density at radius 2 is 2.04 bits per heavy atom. The largest absolute Gasteiger partial charge is 0.494 e. The van der Waals surface area contributed by atoms with Crippen molar-refractivity contribution in [3.63, 3.8) is 0 Å². The second kappa shape index (κ2) is 9.73. The van der Waals surface area contributed by atoms with E-state index in [-0.39, 0.29) is 12.3 Å². The van der Waals surface area contributed by atoms with E-state index in [1.54, 1.807) is 6.08 Å². The van der Waals surface area contributed by atoms with E-state index in [9.17, 15) is 9.59 Å². The summed E-state index contributed by atoms with van der Waals surface area (Å²) in [5.41, 5.74) is 0.896. The van der Waals surface area contributed by atoms with Gasteiger partial charge in [0.25, 0.3) is 5.91 Å². The number of ether oxygens (including phenoxy) is 1. The van der Waals surface area contributed by atoms with Crippen LogP contribution >= 0.6 is 24.0 Å². The number of thiocarbonyl (C=S) groups is 1. The van der Waals surface area contributed by atoms with E-state index in [1.165, 1.54) is 16.7 Å². The van der Waals surface area contributed by atoms with Crippen molar-refractivity contribution in [2.24, 2.45) is 5.92 Å². The summed E-state index contributed by atoms with van der Waals surface area (Å²) in [6.45, 7) is 5.33. The minimum atomic E-state index is -0.873. The van der Waals surface area contributed by atoms with Crippen LogP contribution in [-0.2, 0) is 9.59 Å². The highest BCUT2D eigenvalue weighted by molar-refractivity contribution is 8.26. The number of carbonyl (C=O) groups is 2. The van der Waals surface area contributed by atoms with Crippen molar-refractivity contribution < 1.29 is 19.4 Å². The molecule has 0 bridgehead atoms. The molecule has 1 aliphatic rings. The van der Waals surface area contributed by atoms with Crippen molar-refractivity contribution in [2.75, 3.05) is 13.2 Å². The summed E-state index contributed by atoms with van der Waals surface area (Å²) in [6.07, 6.45) is 3.21. The summed E-state index contributed by atoms with van der Waals surface area (Å²) in [7, 11) is 0. The highest BCUT2D eigenvalue weighted by Gasteiger charge is 2.31. The van der Waals surface area contributed by atoms with Crippen LogP contribution in [0.25, 0.3) is 6.08 Å². The van der Waals surface area contributed by atoms with Gasteiger partial charge < -0.3 is 9.84 Å². The first kappa shape index (κ1) is 20.5. The lowest BCUT2D eigenvalue weighted by atomic mass is 10.1. The molecule has 1 aliphatic heterocycles. The average Bonchev–Trinajstić information content (AvgIpc) is 2.83. The lowest BCUT2D eigenvalue weighted by molar-refractivity contribution is -0.137. The van der Waals surface area contributed by atoms with Gasteiger partial charge in [-0.15, -0.1) is 0 Å². The van der Waals surface area contributed by atoms with Gasteiger partial charge in [-0.3, -0.25) is 14.5 Å². The highest BCUT2D eigenvalue weighted by Crippen LogP contribution is 2.33. The summed E-state index contributed by atoms with van der Waals surface area (Å²) in [5, 5.41) is 8.71. The van der Waals surface area contributed by atoms with Gasteiger partial charge in [-0.2, -0.15) is 0 Å². The Labute approximate surface area is 163 Å². The Morgan fingerprint density at radius 1 is 1.35 bits per heavy atom. The average molecular weight is 394 g/mol. The molecule has 0 aromatic heterocycles. The molecular formula is C19H23NO4S2. The zero-order chi connectivity index (χ0) is 19.1. The number of hydrogen-bond donors (Lipinski definition) is 1. The van der Waals surface area contributed by atoms with Crippen molar-refractivity contribution in [3.8, 4) is 5.75 Å². The van der Waals surface area contributed by atoms with Gasteiger partial charge in [-0.25, -0.2) is 0 Å². The third-order valence-electron chi connectivity index (χ3n) is 3.79. The van der Waals surface area contributed by atoms with Crippen LogP contribution < -0.4 is 4.74 Å². The van der Waals surface area contributed by atoms with Crippen LogP contribution in [0, 0.1) is 5.92 Å². The fraction of sp³-hybridized carbons (Fsp3) is 0.421. The number of carboxylic acids is 1. The number of carboxylic acid groups (broad SMARTS) is 1. The maximum absolute atomic E-state index is 12.4. The van der Waals surface area contributed by atoms with E-state index in [2.05, 4.69) is 13.8 Å². The van der Waals surface area contributed by atoms with Crippen molar-refractivity contribution in [1.29, 1.82) is 0 Å². The van der Waals surface area contributed by atoms with E-state index in [0.717, 1.165) is 17.7 Å². The van der Waals surface area contributed by atoms with Crippen LogP contribution in [0.2, 0.25) is 0 Å². The van der Waals surface area contributed by atoms with Crippen LogP contribution in [0.1, 0.15) is 38.7 Å². The maximum Gasteiger partial charge on any atom is 0.303 e. The lowest BCUT2D eigenvalue weighted by Gasteiger charge is -2.13. The summed E-state index contributed by atoms with van der Waals surface area (Å²) in [6, 6.07) is 7.59. The van der Waals surface area contributed by atoms with Crippen LogP contribution in [0.5, 0.6) is 5.75 Å². The van der Waals surface area contributed by atoms with Gasteiger partial charge in [0.15, 0.2) is 0 Å². The van der Waals surface area contributed by atoms with Gasteiger partial charge in [0, 0.05) is 13.0 Å². The Kier molecular flexibility index (Phi) is 7.66. The zero-order valence-corrected chi connectivity index (χ0v) is 16.6. The summed E-state index contributed by atoms with van der Waals surface area (Å²) in [5.74, 6) is 0.375. The number of amides is 1. The van der Waals surface area contributed by atoms with E-state index < -0.39 is 5.97 Å². The molecular weight excluding hydrogens is 370 g/mol. The predicted octanol–water partition coefficient (Wildman–Crippen LogP) is 4.18. The zero-order valence-electron chi connectivity index (χ0n) is 14.9. The van der Waals surface area contributed by atoms with Gasteiger partial charge in [0.1, 0.15) is 10.1 Å². The lowest BCUT2D eigenvalue weighted by Crippen LogP contribution is -2.29. The van der Waals surface area contributed by atoms with Crippen molar-refractivity contribution in [2.45, 2.75) is 33.1 Å². The molecule has 1 amide bonds. The van der Waals surface area contributed by atoms with Crippen molar-refractivity contribution in [3.05, 3.63) is 34.7 Å². The second-order valence-corrected chi connectivity index (χ2v) is 8.11. The van der Waals surface area contributed by atoms with Crippen LogP contribution in [0.3, 0.4) is 0 Å². The fourth-order valence-corrected chi connectivity index (χ4v) is 3.61. The number of benzene rings is 1. The third-order valence-corrected chi connectivity index (χ3v) is 5.17. The van der Waals surface area contributed by atoms with E-state index in [0.29, 0.717) is 34.7 Å². The smallest absolute Gasteiger partial charge is 0.303 e. The monoisotopic (exact) mass is 393 g/mol. The molecule has 0 saturated carbocycles. The fourth-order valence-electron chi connectivity index (χ4n) is 2.31. The molecule has 0 aliphatic carbocycles. The van der Waals surface area contributed by atoms with E-state index in [1.807, 2.05) is 24.3 Å². The Hall–Kier alpha value is -1.86. The first-order valence-electron chi connectivity index (χ1n) is 8.57. The Morgan fingerprint density at radius 3 is 2.65 bits per heavy atom. The minimum Gasteiger partial charge on any atom is -0.494 e. The summed E-state index contributed by atoms with van der Waals surface area (Å²) < 4.78 is 6.16. The molecule has 1 fully saturated rings. The molecule has 140 valence electrons. The third kappa shape index (κ3) is 6.14. The number of carbonyl (C=O) groups excluding carboxylic acids is 1. The van der Waals surface area contributed by atoms with Crippen LogP contribution in [0.15, 0.2) is 29.2 Å². The Balaban J connectivity index is 1.95. The molecule has 2 rings (SSSR count). The number of aliphatic carboxylic acids is 1. The first-order valence-corrected chi connectivity index (χ1v) is 9.79. The van der Waals surface area contributed by atoms with Gasteiger partial charge in [0.2, 0.25) is 0 Å². The first-order chi connectivity index (χ1) is 12.4. The normalized spacial score (nSPS) is 16.0. The number of thioether (sulfide) groups is 1. The molecule has 1 saturated heterocycles. The van der Waals surface area contributed by atoms with E-state index in [4.69, 9.17) is 22.1 Å². The summed E-state index contributed by atoms with van der Waals surface area (Å²) in [4.78, 5) is 25.1. The summed E-state index contributed by atoms with van der Waals surface area (Å²) >= 11 is 6.49. The molecule has 1 heterocycles. The molecule has 26 heavy (non-hydrogen) atoms. The van der Waals surface area contributed by atoms with Gasteiger partial charge >= 0.3 is 5.97 Å². The molecule has 0 atom stereocenters. The van der Waals surface area contributed by atoms with Gasteiger partial charge in [-0.05, 0) is 42.5 Å². The maximum atomic E-state index is 12.4. The number of rotatable bonds is 9. The SMILES string of the molecule is CC(C)CCOc1ccc(/C=C2/SC(=S)N(CCCC(=O)O)C2=O)cc1. The highest BCUT2D eigenvalue weighted by atomic mass is 32.2. The molecule has 1 aromatic rings. The van der Waals surface area contributed by atoms with E-state index >= 15 is 0 Å². The molecule has 5 nitrogen and oxygen atoms in total. The van der Waals surface area contributed by atoms with Crippen molar-refractivity contribution >= 4 is 46.3 Å². The molecule has 0 radical (unpaired) electrons. The van der Waals surface area contributed by atoms with Crippen LogP contribution in [-0.4, -0.2) is 39.4 Å². The quantitative estimate of drug-likeness (QED) is 0.501. The molecule has 7 heteroatoms. The number of nitrogens with zero attached hydrogens (tertiary/aromatic N) is 1. The molecule has 1 N–H and O–H groups in total. The van der Waals surface area contributed by atoms with Gasteiger partial charge in [-0.1, -0.05) is 50.0 Å². The second-order valence-electron chi connectivity index (χ2n) is 6.43. The molecule has 1 aromatic carbocycles. The molecule has 0 unspecified atom stereocenters. The predicted molar refractivity (Wildman–Crippen MR) is 108 cm³/mol. The Bertz CT molecular complexity index is 698. The number of hydrogen-bond acceptors (Lipinski definition) is 5. The van der Waals surface area contributed by atoms with Crippen LogP contribution in [0.4, 0.5) is 0 Å².